The van der Waals surface area contributed by atoms with Gasteiger partial charge in [-0.3, -0.25) is 0 Å². The van der Waals surface area contributed by atoms with Crippen LogP contribution in [0.2, 0.25) is 0 Å². The first-order chi connectivity index (χ1) is 9.67. The molecule has 0 saturated carbocycles. The Morgan fingerprint density at radius 3 is 3.00 bits per heavy atom. The minimum Gasteiger partial charge on any atom is -0.346 e. The lowest BCUT2D eigenvalue weighted by molar-refractivity contribution is 0.477. The Balaban J connectivity index is 1.66. The van der Waals surface area contributed by atoms with Crippen LogP contribution >= 0.6 is 11.3 Å². The molecular weight excluding hydrogens is 266 g/mol. The highest BCUT2D eigenvalue weighted by molar-refractivity contribution is 7.10. The van der Waals surface area contributed by atoms with Gasteiger partial charge >= 0.3 is 0 Å². The second-order valence-corrected chi connectivity index (χ2v) is 6.63. The van der Waals surface area contributed by atoms with Crippen molar-refractivity contribution < 1.29 is 0 Å². The first-order valence-corrected chi connectivity index (χ1v) is 7.70. The van der Waals surface area contributed by atoms with Gasteiger partial charge in [-0.25, -0.2) is 4.98 Å². The van der Waals surface area contributed by atoms with Crippen LogP contribution in [0.15, 0.2) is 42.0 Å². The molecule has 0 fully saturated rings. The van der Waals surface area contributed by atoms with Crippen LogP contribution in [0, 0.1) is 0 Å². The predicted molar refractivity (Wildman–Crippen MR) is 85.1 cm³/mol. The van der Waals surface area contributed by atoms with Crippen molar-refractivity contribution >= 4 is 22.4 Å². The second kappa shape index (κ2) is 5.38. The number of fused-ring (bicyclic) bond motifs is 1. The Morgan fingerprint density at radius 2 is 2.20 bits per heavy atom. The van der Waals surface area contributed by atoms with E-state index < -0.39 is 0 Å². The number of pyridine rings is 1. The third-order valence-corrected chi connectivity index (χ3v) is 4.84. The van der Waals surface area contributed by atoms with Crippen molar-refractivity contribution in [2.45, 2.75) is 25.8 Å². The normalized spacial score (nSPS) is 12.1. The maximum Gasteiger partial charge on any atom is 0.137 e. The fraction of sp³-hybridized carbons (Fsp3) is 0.312. The fourth-order valence-electron chi connectivity index (χ4n) is 2.42. The zero-order chi connectivity index (χ0) is 14.0. The van der Waals surface area contributed by atoms with E-state index in [0.29, 0.717) is 0 Å². The number of H-pyrrole nitrogens is 1. The first kappa shape index (κ1) is 13.3. The van der Waals surface area contributed by atoms with Gasteiger partial charge in [0.25, 0.3) is 0 Å². The molecule has 0 aliphatic carbocycles. The van der Waals surface area contributed by atoms with E-state index in [1.54, 1.807) is 0 Å². The highest BCUT2D eigenvalue weighted by Crippen LogP contribution is 2.26. The molecule has 0 amide bonds. The van der Waals surface area contributed by atoms with Crippen molar-refractivity contribution in [3.63, 3.8) is 0 Å². The van der Waals surface area contributed by atoms with Crippen LogP contribution in [-0.2, 0) is 12.0 Å². The number of nitrogens with one attached hydrogen (secondary N) is 2. The predicted octanol–water partition coefficient (Wildman–Crippen LogP) is 3.69. The minimum absolute atomic E-state index is 0.165. The molecule has 0 aliphatic heterocycles. The van der Waals surface area contributed by atoms with Crippen molar-refractivity contribution in [2.75, 3.05) is 6.54 Å². The van der Waals surface area contributed by atoms with Gasteiger partial charge in [0, 0.05) is 41.2 Å². The zero-order valence-electron chi connectivity index (χ0n) is 11.8. The third-order valence-electron chi connectivity index (χ3n) is 3.61. The quantitative estimate of drug-likeness (QED) is 0.750. The Morgan fingerprint density at radius 1 is 1.30 bits per heavy atom. The smallest absolute Gasteiger partial charge is 0.137 e. The molecule has 3 nitrogen and oxygen atoms in total. The van der Waals surface area contributed by atoms with E-state index in [2.05, 4.69) is 52.7 Å². The largest absolute Gasteiger partial charge is 0.346 e. The summed E-state index contributed by atoms with van der Waals surface area (Å²) in [4.78, 5) is 8.95. The van der Waals surface area contributed by atoms with E-state index in [1.807, 2.05) is 29.8 Å². The maximum absolute atomic E-state index is 4.32. The van der Waals surface area contributed by atoms with Crippen molar-refractivity contribution in [3.8, 4) is 0 Å². The molecule has 0 aromatic carbocycles. The lowest BCUT2D eigenvalue weighted by Gasteiger charge is -2.23. The standard InChI is InChI=1S/C16H19N3S/c1-16(2,14-6-4-8-20-14)11-17-9-12-10-19-15-13(12)5-3-7-18-15/h3-8,10,17H,9,11H2,1-2H3,(H,18,19). The van der Waals surface area contributed by atoms with E-state index in [1.165, 1.54) is 15.8 Å². The number of hydrogen-bond acceptors (Lipinski definition) is 3. The van der Waals surface area contributed by atoms with E-state index in [-0.39, 0.29) is 5.41 Å². The Kier molecular flexibility index (Phi) is 3.59. The van der Waals surface area contributed by atoms with Crippen molar-refractivity contribution in [1.29, 1.82) is 0 Å². The van der Waals surface area contributed by atoms with E-state index in [0.717, 1.165) is 18.7 Å². The van der Waals surface area contributed by atoms with Crippen LogP contribution in [0.1, 0.15) is 24.3 Å². The van der Waals surface area contributed by atoms with Gasteiger partial charge in [-0.2, -0.15) is 0 Å². The number of hydrogen-bond donors (Lipinski definition) is 2. The van der Waals surface area contributed by atoms with Gasteiger partial charge in [-0.1, -0.05) is 19.9 Å². The lowest BCUT2D eigenvalue weighted by Crippen LogP contribution is -2.31. The van der Waals surface area contributed by atoms with Crippen LogP contribution < -0.4 is 5.32 Å². The fourth-order valence-corrected chi connectivity index (χ4v) is 3.27. The van der Waals surface area contributed by atoms with Gasteiger partial charge in [-0.05, 0) is 29.1 Å². The van der Waals surface area contributed by atoms with Crippen molar-refractivity contribution in [2.24, 2.45) is 0 Å². The molecule has 0 atom stereocenters. The highest BCUT2D eigenvalue weighted by atomic mass is 32.1. The summed E-state index contributed by atoms with van der Waals surface area (Å²) < 4.78 is 0. The van der Waals surface area contributed by atoms with Crippen LogP contribution in [0.25, 0.3) is 11.0 Å². The third kappa shape index (κ3) is 2.62. The average Bonchev–Trinajstić information content (AvgIpc) is 3.08. The molecule has 20 heavy (non-hydrogen) atoms. The SMILES string of the molecule is CC(C)(CNCc1c[nH]c2ncccc12)c1cccs1. The lowest BCUT2D eigenvalue weighted by atomic mass is 9.91. The summed E-state index contributed by atoms with van der Waals surface area (Å²) in [7, 11) is 0. The molecule has 4 heteroatoms. The van der Waals surface area contributed by atoms with Gasteiger partial charge in [0.1, 0.15) is 5.65 Å². The minimum atomic E-state index is 0.165. The summed E-state index contributed by atoms with van der Waals surface area (Å²) in [5.41, 5.74) is 2.40. The van der Waals surface area contributed by atoms with E-state index >= 15 is 0 Å². The van der Waals surface area contributed by atoms with E-state index in [4.69, 9.17) is 0 Å². The van der Waals surface area contributed by atoms with Gasteiger partial charge < -0.3 is 10.3 Å². The summed E-state index contributed by atoms with van der Waals surface area (Å²) in [6, 6.07) is 8.42. The van der Waals surface area contributed by atoms with Crippen molar-refractivity contribution in [1.82, 2.24) is 15.3 Å². The van der Waals surface area contributed by atoms with Gasteiger partial charge in [0.2, 0.25) is 0 Å². The maximum atomic E-state index is 4.32. The van der Waals surface area contributed by atoms with Crippen LogP contribution in [-0.4, -0.2) is 16.5 Å². The molecule has 104 valence electrons. The van der Waals surface area contributed by atoms with Gasteiger partial charge in [0.05, 0.1) is 0 Å². The molecule has 3 aromatic heterocycles. The summed E-state index contributed by atoms with van der Waals surface area (Å²) in [6.45, 7) is 6.38. The molecule has 3 heterocycles. The molecule has 0 spiro atoms. The molecule has 3 rings (SSSR count). The molecule has 2 N–H and O–H groups in total. The summed E-state index contributed by atoms with van der Waals surface area (Å²) in [5, 5.41) is 6.91. The molecule has 0 bridgehead atoms. The number of aromatic amines is 1. The molecule has 0 radical (unpaired) electrons. The number of nitrogens with zero attached hydrogens (tertiary/aromatic N) is 1. The number of rotatable bonds is 5. The zero-order valence-corrected chi connectivity index (χ0v) is 12.6. The average molecular weight is 285 g/mol. The summed E-state index contributed by atoms with van der Waals surface area (Å²) in [5.74, 6) is 0. The molecule has 0 aliphatic rings. The summed E-state index contributed by atoms with van der Waals surface area (Å²) in [6.07, 6.45) is 3.86. The number of thiophene rings is 1. The van der Waals surface area contributed by atoms with Crippen LogP contribution in [0.4, 0.5) is 0 Å². The van der Waals surface area contributed by atoms with Crippen LogP contribution in [0.3, 0.4) is 0 Å². The van der Waals surface area contributed by atoms with Crippen LogP contribution in [0.5, 0.6) is 0 Å². The Bertz CT molecular complexity index is 683. The van der Waals surface area contributed by atoms with Crippen molar-refractivity contribution in [3.05, 3.63) is 52.5 Å². The monoisotopic (exact) mass is 285 g/mol. The van der Waals surface area contributed by atoms with Gasteiger partial charge in [0.15, 0.2) is 0 Å². The summed E-state index contributed by atoms with van der Waals surface area (Å²) >= 11 is 1.82. The Labute approximate surface area is 123 Å². The molecule has 0 unspecified atom stereocenters. The molecular formula is C16H19N3S. The van der Waals surface area contributed by atoms with Gasteiger partial charge in [-0.15, -0.1) is 11.3 Å². The number of aromatic nitrogens is 2. The second-order valence-electron chi connectivity index (χ2n) is 5.68. The first-order valence-electron chi connectivity index (χ1n) is 6.82. The van der Waals surface area contributed by atoms with E-state index in [9.17, 15) is 0 Å². The molecule has 3 aromatic rings. The highest BCUT2D eigenvalue weighted by Gasteiger charge is 2.21. The Hall–Kier alpha value is -1.65. The topological polar surface area (TPSA) is 40.7 Å². The molecule has 0 saturated heterocycles.